The predicted octanol–water partition coefficient (Wildman–Crippen LogP) is 0.0247. The molecular weight excluding hydrogens is 352 g/mol. The highest BCUT2D eigenvalue weighted by Gasteiger charge is 2.88. The van der Waals surface area contributed by atoms with Crippen LogP contribution in [0.25, 0.3) is 0 Å². The number of esters is 1. The Kier molecular flexibility index (Phi) is 3.67. The Morgan fingerprint density at radius 1 is 1.19 bits per heavy atom. The molecule has 5 N–H and O–H groups in total. The van der Waals surface area contributed by atoms with Crippen molar-refractivity contribution in [3.63, 3.8) is 0 Å². The van der Waals surface area contributed by atoms with Gasteiger partial charge in [0.2, 0.25) is 0 Å². The summed E-state index contributed by atoms with van der Waals surface area (Å²) >= 11 is 0. The first kappa shape index (κ1) is 19.3. The topological polar surface area (TPSA) is 127 Å². The maximum absolute atomic E-state index is 12.5. The van der Waals surface area contributed by atoms with Crippen LogP contribution in [0.5, 0.6) is 0 Å². The van der Waals surface area contributed by atoms with Gasteiger partial charge in [0.1, 0.15) is 16.8 Å². The van der Waals surface area contributed by atoms with Crippen molar-refractivity contribution in [3.8, 4) is 0 Å². The van der Waals surface area contributed by atoms with Crippen LogP contribution >= 0.6 is 0 Å². The SMILES string of the molecule is CC1=C([C@H](C)CO)C[C@@]2(O)[C@]3(C)CC(=O)O[C@H]([C@]4(O)[C@H](C)CC[C@@]43O)[C@@]12O. The van der Waals surface area contributed by atoms with Gasteiger partial charge >= 0.3 is 5.97 Å². The van der Waals surface area contributed by atoms with Gasteiger partial charge in [0.05, 0.1) is 6.42 Å². The van der Waals surface area contributed by atoms with Crippen molar-refractivity contribution in [2.24, 2.45) is 17.3 Å². The van der Waals surface area contributed by atoms with E-state index in [0.29, 0.717) is 17.6 Å². The van der Waals surface area contributed by atoms with E-state index in [1.165, 1.54) is 0 Å². The molecule has 8 atom stereocenters. The van der Waals surface area contributed by atoms with Crippen LogP contribution in [0.15, 0.2) is 11.1 Å². The average molecular weight is 382 g/mol. The molecule has 2 saturated carbocycles. The van der Waals surface area contributed by atoms with Gasteiger partial charge in [-0.05, 0) is 31.3 Å². The zero-order valence-corrected chi connectivity index (χ0v) is 16.3. The van der Waals surface area contributed by atoms with Gasteiger partial charge < -0.3 is 30.3 Å². The van der Waals surface area contributed by atoms with Gasteiger partial charge in [-0.1, -0.05) is 26.3 Å². The first-order valence-electron chi connectivity index (χ1n) is 9.75. The zero-order chi connectivity index (χ0) is 20.2. The Morgan fingerprint density at radius 3 is 2.41 bits per heavy atom. The molecular formula is C20H30O7. The van der Waals surface area contributed by atoms with Gasteiger partial charge in [-0.2, -0.15) is 0 Å². The Hall–Kier alpha value is -0.990. The number of carbonyl (C=O) groups is 1. The van der Waals surface area contributed by atoms with Gasteiger partial charge in [-0.25, -0.2) is 0 Å². The number of fused-ring (bicyclic) bond motifs is 2. The van der Waals surface area contributed by atoms with Crippen molar-refractivity contribution >= 4 is 5.97 Å². The fourth-order valence-corrected chi connectivity index (χ4v) is 6.82. The van der Waals surface area contributed by atoms with Crippen LogP contribution in [0.1, 0.15) is 53.4 Å². The molecule has 27 heavy (non-hydrogen) atoms. The summed E-state index contributed by atoms with van der Waals surface area (Å²) in [6.45, 7) is 6.62. The monoisotopic (exact) mass is 382 g/mol. The van der Waals surface area contributed by atoms with Gasteiger partial charge in [0, 0.05) is 24.4 Å². The molecule has 0 aromatic rings. The number of carbonyl (C=O) groups excluding carboxylic acids is 1. The number of ether oxygens (including phenoxy) is 1. The van der Waals surface area contributed by atoms with Crippen LogP contribution in [0.2, 0.25) is 0 Å². The number of rotatable bonds is 2. The average Bonchev–Trinajstić information content (AvgIpc) is 2.93. The minimum atomic E-state index is -2.04. The number of hydrogen-bond acceptors (Lipinski definition) is 7. The second kappa shape index (κ2) is 5.13. The normalized spacial score (nSPS) is 55.2. The molecule has 3 aliphatic carbocycles. The molecule has 5 rings (SSSR count). The van der Waals surface area contributed by atoms with Crippen molar-refractivity contribution < 1.29 is 35.1 Å². The van der Waals surface area contributed by atoms with Crippen molar-refractivity contribution in [1.82, 2.24) is 0 Å². The third-order valence-corrected chi connectivity index (χ3v) is 8.70. The summed E-state index contributed by atoms with van der Waals surface area (Å²) in [5.41, 5.74) is -8.03. The van der Waals surface area contributed by atoms with E-state index in [4.69, 9.17) is 4.74 Å². The predicted molar refractivity (Wildman–Crippen MR) is 94.4 cm³/mol. The van der Waals surface area contributed by atoms with Crippen LogP contribution in [-0.2, 0) is 9.53 Å². The molecule has 7 nitrogen and oxygen atoms in total. The van der Waals surface area contributed by atoms with E-state index in [0.717, 1.165) is 0 Å². The zero-order valence-electron chi connectivity index (χ0n) is 16.3. The highest BCUT2D eigenvalue weighted by atomic mass is 16.6. The Bertz CT molecular complexity index is 749. The van der Waals surface area contributed by atoms with E-state index in [2.05, 4.69) is 0 Å². The number of aliphatic hydroxyl groups is 5. The quantitative estimate of drug-likeness (QED) is 0.337. The van der Waals surface area contributed by atoms with E-state index >= 15 is 0 Å². The maximum Gasteiger partial charge on any atom is 0.307 e. The lowest BCUT2D eigenvalue weighted by molar-refractivity contribution is -0.361. The van der Waals surface area contributed by atoms with Gasteiger partial charge in [-0.3, -0.25) is 4.79 Å². The molecule has 0 spiro atoms. The van der Waals surface area contributed by atoms with E-state index in [-0.39, 0.29) is 31.8 Å². The van der Waals surface area contributed by atoms with Crippen LogP contribution in [0.3, 0.4) is 0 Å². The Labute approximate surface area is 158 Å². The molecule has 5 aliphatic rings. The molecule has 152 valence electrons. The summed E-state index contributed by atoms with van der Waals surface area (Å²) < 4.78 is 5.58. The number of hydrogen-bond donors (Lipinski definition) is 5. The minimum Gasteiger partial charge on any atom is -0.456 e. The summed E-state index contributed by atoms with van der Waals surface area (Å²) in [6, 6.07) is 0. The molecule has 0 aromatic heterocycles. The summed E-state index contributed by atoms with van der Waals surface area (Å²) in [6.07, 6.45) is -1.08. The lowest BCUT2D eigenvalue weighted by atomic mass is 9.44. The largest absolute Gasteiger partial charge is 0.456 e. The summed E-state index contributed by atoms with van der Waals surface area (Å²) in [5, 5.41) is 57.0. The molecule has 0 unspecified atom stereocenters. The summed E-state index contributed by atoms with van der Waals surface area (Å²) in [5.74, 6) is -1.39. The maximum atomic E-state index is 12.5. The highest BCUT2D eigenvalue weighted by Crippen LogP contribution is 2.73. The van der Waals surface area contributed by atoms with Crippen molar-refractivity contribution in [2.45, 2.75) is 81.9 Å². The van der Waals surface area contributed by atoms with Crippen molar-refractivity contribution in [3.05, 3.63) is 11.1 Å². The Balaban J connectivity index is 2.06. The van der Waals surface area contributed by atoms with E-state index in [1.54, 1.807) is 27.7 Å². The molecule has 7 heteroatoms. The lowest BCUT2D eigenvalue weighted by Crippen LogP contribution is -2.85. The van der Waals surface area contributed by atoms with Crippen molar-refractivity contribution in [2.75, 3.05) is 6.61 Å². The molecule has 2 aliphatic heterocycles. The first-order chi connectivity index (χ1) is 12.3. The minimum absolute atomic E-state index is 0.00741. The highest BCUT2D eigenvalue weighted by molar-refractivity contribution is 5.74. The smallest absolute Gasteiger partial charge is 0.307 e. The molecule has 0 aromatic carbocycles. The van der Waals surface area contributed by atoms with E-state index in [1.807, 2.05) is 0 Å². The first-order valence-corrected chi connectivity index (χ1v) is 9.75. The standard InChI is InChI=1S/C20H30O7/c1-10(9-21)13-7-18(24)16(4)8-14(22)27-15(20(18,26)12(13)3)19(25)11(2)5-6-17(16,19)23/h10-11,15,21,23-26H,5-9H2,1-4H3/t10-,11-,15-,16-,17+,18-,19-,20+/m1/s1. The van der Waals surface area contributed by atoms with Gasteiger partial charge in [0.15, 0.2) is 11.7 Å². The Morgan fingerprint density at radius 2 is 1.81 bits per heavy atom. The van der Waals surface area contributed by atoms with Crippen LogP contribution in [0, 0.1) is 17.3 Å². The summed E-state index contributed by atoms with van der Waals surface area (Å²) in [4.78, 5) is 12.5. The van der Waals surface area contributed by atoms with Crippen LogP contribution < -0.4 is 0 Å². The third-order valence-electron chi connectivity index (χ3n) is 8.70. The lowest BCUT2D eigenvalue weighted by Gasteiger charge is -2.66. The second-order valence-electron chi connectivity index (χ2n) is 9.54. The summed E-state index contributed by atoms with van der Waals surface area (Å²) in [7, 11) is 0. The molecule has 0 amide bonds. The number of aliphatic hydroxyl groups excluding tert-OH is 1. The van der Waals surface area contributed by atoms with Crippen LogP contribution in [0.4, 0.5) is 0 Å². The molecule has 2 bridgehead atoms. The molecule has 2 saturated heterocycles. The fourth-order valence-electron chi connectivity index (χ4n) is 6.82. The fraction of sp³-hybridized carbons (Fsp3) is 0.850. The molecule has 4 fully saturated rings. The third kappa shape index (κ3) is 1.67. The van der Waals surface area contributed by atoms with Crippen molar-refractivity contribution in [1.29, 1.82) is 0 Å². The molecule has 0 radical (unpaired) electrons. The van der Waals surface area contributed by atoms with Gasteiger partial charge in [0.25, 0.3) is 0 Å². The van der Waals surface area contributed by atoms with Gasteiger partial charge in [-0.15, -0.1) is 0 Å². The van der Waals surface area contributed by atoms with Crippen LogP contribution in [-0.4, -0.2) is 66.6 Å². The van der Waals surface area contributed by atoms with E-state index < -0.39 is 45.8 Å². The molecule has 2 heterocycles. The second-order valence-corrected chi connectivity index (χ2v) is 9.54. The van der Waals surface area contributed by atoms with E-state index in [9.17, 15) is 30.3 Å².